The van der Waals surface area contributed by atoms with E-state index >= 15 is 0 Å². The van der Waals surface area contributed by atoms with Crippen molar-refractivity contribution in [3.05, 3.63) is 101 Å². The number of carbonyl (C=O) groups excluding carboxylic acids is 1. The van der Waals surface area contributed by atoms with Crippen LogP contribution in [0.15, 0.2) is 78.9 Å². The number of halogens is 1. The number of aryl methyl sites for hydroxylation is 1. The Morgan fingerprint density at radius 3 is 2.28 bits per heavy atom. The van der Waals surface area contributed by atoms with Crippen LogP contribution in [0.2, 0.25) is 0 Å². The van der Waals surface area contributed by atoms with Crippen LogP contribution in [0, 0.1) is 18.7 Å². The van der Waals surface area contributed by atoms with Gasteiger partial charge in [-0.2, -0.15) is 0 Å². The molecule has 5 heteroatoms. The van der Waals surface area contributed by atoms with Gasteiger partial charge in [-0.05, 0) is 42.3 Å². The van der Waals surface area contributed by atoms with Gasteiger partial charge in [0.25, 0.3) is 0 Å². The van der Waals surface area contributed by atoms with E-state index in [0.717, 1.165) is 16.8 Å². The molecule has 4 atom stereocenters. The zero-order valence-electron chi connectivity index (χ0n) is 16.0. The molecule has 4 nitrogen and oxygen atoms in total. The highest BCUT2D eigenvalue weighted by molar-refractivity contribution is 6.01. The van der Waals surface area contributed by atoms with E-state index in [0.29, 0.717) is 0 Å². The Labute approximate surface area is 169 Å². The minimum atomic E-state index is -0.380. The van der Waals surface area contributed by atoms with Crippen LogP contribution in [0.1, 0.15) is 28.8 Å². The molecule has 0 bridgehead atoms. The summed E-state index contributed by atoms with van der Waals surface area (Å²) in [7, 11) is 0. The minimum absolute atomic E-state index is 0.00225. The number of hydrazine groups is 1. The maximum Gasteiger partial charge on any atom is 0.246 e. The van der Waals surface area contributed by atoms with Gasteiger partial charge in [0.05, 0.1) is 12.1 Å². The second-order valence-corrected chi connectivity index (χ2v) is 7.78. The highest BCUT2D eigenvalue weighted by atomic mass is 19.1. The summed E-state index contributed by atoms with van der Waals surface area (Å²) in [6.07, 6.45) is 0. The van der Waals surface area contributed by atoms with Gasteiger partial charge in [-0.1, -0.05) is 60.2 Å². The van der Waals surface area contributed by atoms with Gasteiger partial charge in [-0.15, -0.1) is 0 Å². The second kappa shape index (κ2) is 7.10. The fourth-order valence-electron chi connectivity index (χ4n) is 4.63. The molecule has 29 heavy (non-hydrogen) atoms. The molecule has 0 spiro atoms. The van der Waals surface area contributed by atoms with E-state index in [1.54, 1.807) is 12.1 Å². The summed E-state index contributed by atoms with van der Waals surface area (Å²) in [5, 5.41) is 0. The Bertz CT molecular complexity index is 1040. The summed E-state index contributed by atoms with van der Waals surface area (Å²) in [5.41, 5.74) is 10.5. The number of benzene rings is 3. The van der Waals surface area contributed by atoms with Gasteiger partial charge in [-0.25, -0.2) is 15.2 Å². The molecule has 1 amide bonds. The van der Waals surface area contributed by atoms with Gasteiger partial charge < -0.3 is 4.90 Å². The maximum absolute atomic E-state index is 14.1. The average molecular weight is 387 g/mol. The molecule has 2 fully saturated rings. The minimum Gasteiger partial charge on any atom is -0.303 e. The van der Waals surface area contributed by atoms with Crippen molar-refractivity contribution in [3.63, 3.8) is 0 Å². The number of anilines is 1. The van der Waals surface area contributed by atoms with E-state index in [-0.39, 0.29) is 35.8 Å². The molecule has 0 radical (unpaired) electrons. The van der Waals surface area contributed by atoms with Crippen molar-refractivity contribution in [1.29, 1.82) is 0 Å². The number of nitrogens with zero attached hydrogens (tertiary/aromatic N) is 1. The molecule has 3 aromatic carbocycles. The van der Waals surface area contributed by atoms with Gasteiger partial charge in [-0.3, -0.25) is 4.79 Å². The normalized spacial score (nSPS) is 26.0. The molecular formula is C24H22FN3O. The molecule has 4 unspecified atom stereocenters. The molecule has 2 saturated heterocycles. The summed E-state index contributed by atoms with van der Waals surface area (Å²) in [6, 6.07) is 23.8. The number of hydrogen-bond acceptors (Lipinski definition) is 3. The quantitative estimate of drug-likeness (QED) is 0.713. The first kappa shape index (κ1) is 18.0. The summed E-state index contributed by atoms with van der Waals surface area (Å²) >= 11 is 0. The predicted molar refractivity (Wildman–Crippen MR) is 111 cm³/mol. The van der Waals surface area contributed by atoms with Crippen LogP contribution in [0.3, 0.4) is 0 Å². The van der Waals surface area contributed by atoms with Crippen LogP contribution >= 0.6 is 0 Å². The van der Waals surface area contributed by atoms with Crippen molar-refractivity contribution in [2.75, 3.05) is 4.90 Å². The van der Waals surface area contributed by atoms with Crippen LogP contribution in [0.5, 0.6) is 0 Å². The number of fused-ring (bicyclic) bond motifs is 1. The lowest BCUT2D eigenvalue weighted by Gasteiger charge is -2.31. The lowest BCUT2D eigenvalue weighted by atomic mass is 9.83. The number of hydrogen-bond donors (Lipinski definition) is 2. The first-order valence-electron chi connectivity index (χ1n) is 9.85. The first-order valence-corrected chi connectivity index (χ1v) is 9.85. The molecule has 2 heterocycles. The van der Waals surface area contributed by atoms with Gasteiger partial charge >= 0.3 is 0 Å². The lowest BCUT2D eigenvalue weighted by Crippen LogP contribution is -2.41. The lowest BCUT2D eigenvalue weighted by molar-refractivity contribution is -0.119. The average Bonchev–Trinajstić information content (AvgIpc) is 3.28. The number of rotatable bonds is 3. The third-order valence-corrected chi connectivity index (χ3v) is 5.97. The number of nitrogens with one attached hydrogen (secondary N) is 2. The van der Waals surface area contributed by atoms with Crippen LogP contribution in [0.4, 0.5) is 10.1 Å². The fraction of sp³-hybridized carbons (Fsp3) is 0.208. The van der Waals surface area contributed by atoms with E-state index in [1.807, 2.05) is 41.3 Å². The number of amides is 1. The summed E-state index contributed by atoms with van der Waals surface area (Å²) in [4.78, 5) is 15.2. The molecule has 146 valence electrons. The third-order valence-electron chi connectivity index (χ3n) is 5.97. The Balaban J connectivity index is 1.63. The topological polar surface area (TPSA) is 44.4 Å². The highest BCUT2D eigenvalue weighted by Crippen LogP contribution is 2.48. The van der Waals surface area contributed by atoms with Crippen molar-refractivity contribution in [2.45, 2.75) is 25.0 Å². The van der Waals surface area contributed by atoms with Gasteiger partial charge in [0.1, 0.15) is 11.9 Å². The second-order valence-electron chi connectivity index (χ2n) is 7.78. The van der Waals surface area contributed by atoms with Crippen LogP contribution in [-0.4, -0.2) is 11.9 Å². The molecule has 0 aromatic heterocycles. The van der Waals surface area contributed by atoms with Crippen molar-refractivity contribution in [3.8, 4) is 0 Å². The van der Waals surface area contributed by atoms with Crippen LogP contribution in [0.25, 0.3) is 0 Å². The zero-order valence-corrected chi connectivity index (χ0v) is 16.0. The van der Waals surface area contributed by atoms with Crippen molar-refractivity contribution in [1.82, 2.24) is 10.9 Å². The van der Waals surface area contributed by atoms with Crippen molar-refractivity contribution < 1.29 is 9.18 Å². The predicted octanol–water partition coefficient (Wildman–Crippen LogP) is 4.06. The Morgan fingerprint density at radius 2 is 1.55 bits per heavy atom. The number of para-hydroxylation sites is 1. The number of carbonyl (C=O) groups is 1. The smallest absolute Gasteiger partial charge is 0.246 e. The molecule has 5 rings (SSSR count). The van der Waals surface area contributed by atoms with Crippen LogP contribution < -0.4 is 15.8 Å². The molecule has 2 aliphatic rings. The van der Waals surface area contributed by atoms with Gasteiger partial charge in [0, 0.05) is 11.6 Å². The standard InChI is InChI=1S/C24H22FN3O/c1-15-10-12-16(13-11-15)21-20-22(27-26-21)24(29)28(19-8-3-2-4-9-19)23(20)17-6-5-7-18(25)14-17/h2-14,20-23,26-27H,1H3. The molecule has 0 aliphatic carbocycles. The zero-order chi connectivity index (χ0) is 20.0. The van der Waals surface area contributed by atoms with Crippen molar-refractivity contribution in [2.24, 2.45) is 5.92 Å². The monoisotopic (exact) mass is 387 g/mol. The highest BCUT2D eigenvalue weighted by Gasteiger charge is 2.55. The maximum atomic E-state index is 14.1. The van der Waals surface area contributed by atoms with E-state index in [4.69, 9.17) is 0 Å². The molecule has 2 aliphatic heterocycles. The molecule has 3 aromatic rings. The van der Waals surface area contributed by atoms with E-state index in [9.17, 15) is 9.18 Å². The SMILES string of the molecule is Cc1ccc(C2NNC3C(=O)N(c4ccccc4)C(c4cccc(F)c4)C32)cc1. The van der Waals surface area contributed by atoms with Gasteiger partial charge in [0.2, 0.25) is 5.91 Å². The summed E-state index contributed by atoms with van der Waals surface area (Å²) in [5.74, 6) is -0.373. The Hall–Kier alpha value is -3.02. The van der Waals surface area contributed by atoms with Crippen LogP contribution in [-0.2, 0) is 4.79 Å². The first-order chi connectivity index (χ1) is 14.1. The molecular weight excluding hydrogens is 365 g/mol. The van der Waals surface area contributed by atoms with Crippen molar-refractivity contribution >= 4 is 11.6 Å². The Kier molecular flexibility index (Phi) is 4.42. The van der Waals surface area contributed by atoms with E-state index in [2.05, 4.69) is 42.0 Å². The molecule has 0 saturated carbocycles. The van der Waals surface area contributed by atoms with Gasteiger partial charge in [0.15, 0.2) is 0 Å². The summed E-state index contributed by atoms with van der Waals surface area (Å²) in [6.45, 7) is 2.05. The largest absolute Gasteiger partial charge is 0.303 e. The summed E-state index contributed by atoms with van der Waals surface area (Å²) < 4.78 is 14.1. The van der Waals surface area contributed by atoms with E-state index in [1.165, 1.54) is 11.6 Å². The van der Waals surface area contributed by atoms with E-state index < -0.39 is 0 Å². The fourth-order valence-corrected chi connectivity index (χ4v) is 4.63. The third kappa shape index (κ3) is 3.03. The Morgan fingerprint density at radius 1 is 0.828 bits per heavy atom. The molecule has 2 N–H and O–H groups in total.